The molecule has 1 amide bonds. The van der Waals surface area contributed by atoms with E-state index in [9.17, 15) is 9.18 Å². The second-order valence-corrected chi connectivity index (χ2v) is 10.8. The van der Waals surface area contributed by atoms with E-state index in [4.69, 9.17) is 34.3 Å². The highest BCUT2D eigenvalue weighted by molar-refractivity contribution is 7.80. The van der Waals surface area contributed by atoms with Crippen molar-refractivity contribution in [3.05, 3.63) is 58.7 Å². The summed E-state index contributed by atoms with van der Waals surface area (Å²) in [5.41, 5.74) is 6.11. The van der Waals surface area contributed by atoms with Crippen molar-refractivity contribution >= 4 is 51.4 Å². The number of amides is 1. The van der Waals surface area contributed by atoms with Gasteiger partial charge in [0.2, 0.25) is 0 Å². The molecule has 2 aliphatic rings. The number of nitrogen functional groups attached to an aromatic ring is 1. The van der Waals surface area contributed by atoms with E-state index in [1.807, 2.05) is 25.7 Å². The number of likely N-dealkylation sites (tertiary alicyclic amines) is 2. The van der Waals surface area contributed by atoms with Gasteiger partial charge in [-0.1, -0.05) is 48.1 Å². The van der Waals surface area contributed by atoms with Gasteiger partial charge in [0, 0.05) is 30.2 Å². The number of rotatable bonds is 2. The Morgan fingerprint density at radius 1 is 1.19 bits per heavy atom. The van der Waals surface area contributed by atoms with Crippen molar-refractivity contribution < 1.29 is 18.3 Å². The lowest BCUT2D eigenvalue weighted by Gasteiger charge is -2.48. The minimum atomic E-state index is -0.749. The van der Waals surface area contributed by atoms with Gasteiger partial charge in [-0.05, 0) is 38.6 Å². The molecular weight excluding hydrogens is 506 g/mol. The summed E-state index contributed by atoms with van der Waals surface area (Å²) >= 11 is 11.9. The summed E-state index contributed by atoms with van der Waals surface area (Å²) in [6, 6.07) is 7.93. The second-order valence-electron chi connectivity index (χ2n) is 10.1. The molecule has 1 aromatic heterocycles. The molecule has 5 rings (SSSR count). The molecule has 0 saturated carbocycles. The number of hydrogen-bond donors (Lipinski definition) is 1. The number of nitrogens with two attached hydrogens (primary N) is 1. The Labute approximate surface area is 218 Å². The first kappa shape index (κ1) is 24.6. The third kappa shape index (κ3) is 4.04. The van der Waals surface area contributed by atoms with Crippen molar-refractivity contribution in [2.45, 2.75) is 44.9 Å². The average Bonchev–Trinajstić information content (AvgIpc) is 3.12. The maximum Gasteiger partial charge on any atom is 0.410 e. The highest BCUT2D eigenvalue weighted by Crippen LogP contribution is 2.39. The standard InChI is InChI=1S/C26H25ClF2N4O2S/c1-26(2,3)35-25(34)32-10-9-17-18(32)12-33(17)24(36)15-11-31-23(21(29)22(15)30)14-6-4-5-13-7-8-16(28)20(27)19(13)14/h4-8,11,17-18H,9-10,12H2,1-3H3,(H2,30,31)/t17-,18-/m1/s1. The number of hydrogen-bond acceptors (Lipinski definition) is 5. The lowest BCUT2D eigenvalue weighted by Crippen LogP contribution is -2.64. The fourth-order valence-corrected chi connectivity index (χ4v) is 5.57. The van der Waals surface area contributed by atoms with Gasteiger partial charge in [0.1, 0.15) is 22.1 Å². The zero-order valence-corrected chi connectivity index (χ0v) is 21.6. The second kappa shape index (κ2) is 8.81. The minimum absolute atomic E-state index is 0.00649. The molecule has 2 aromatic carbocycles. The molecule has 3 heterocycles. The van der Waals surface area contributed by atoms with E-state index in [0.29, 0.717) is 40.0 Å². The number of aromatic nitrogens is 1. The van der Waals surface area contributed by atoms with E-state index in [2.05, 4.69) is 4.98 Å². The van der Waals surface area contributed by atoms with Crippen LogP contribution in [0.3, 0.4) is 0 Å². The van der Waals surface area contributed by atoms with E-state index in [1.165, 1.54) is 12.3 Å². The lowest BCUT2D eigenvalue weighted by molar-refractivity contribution is 0.00639. The van der Waals surface area contributed by atoms with Crippen LogP contribution in [0.25, 0.3) is 22.0 Å². The monoisotopic (exact) mass is 530 g/mol. The van der Waals surface area contributed by atoms with Crippen LogP contribution in [-0.2, 0) is 4.74 Å². The molecule has 0 radical (unpaired) electrons. The Hall–Kier alpha value is -3.04. The summed E-state index contributed by atoms with van der Waals surface area (Å²) in [5.74, 6) is -1.35. The van der Waals surface area contributed by atoms with Gasteiger partial charge in [0.05, 0.1) is 28.4 Å². The molecule has 2 saturated heterocycles. The molecule has 6 nitrogen and oxygen atoms in total. The molecule has 2 fully saturated rings. The first-order valence-corrected chi connectivity index (χ1v) is 12.4. The average molecular weight is 531 g/mol. The Kier molecular flexibility index (Phi) is 6.03. The number of nitrogens with zero attached hydrogens (tertiary/aromatic N) is 3. The van der Waals surface area contributed by atoms with Crippen LogP contribution in [-0.4, -0.2) is 56.6 Å². The molecule has 36 heavy (non-hydrogen) atoms. The van der Waals surface area contributed by atoms with Gasteiger partial charge in [-0.25, -0.2) is 13.6 Å². The third-order valence-electron chi connectivity index (χ3n) is 6.66. The number of fused-ring (bicyclic) bond motifs is 2. The number of anilines is 1. The summed E-state index contributed by atoms with van der Waals surface area (Å²) in [6.07, 6.45) is 1.82. The Bertz CT molecular complexity index is 1410. The van der Waals surface area contributed by atoms with E-state index in [-0.39, 0.29) is 34.6 Å². The number of pyridine rings is 1. The van der Waals surface area contributed by atoms with Crippen LogP contribution in [0.2, 0.25) is 5.02 Å². The zero-order chi connectivity index (χ0) is 25.9. The number of benzene rings is 2. The van der Waals surface area contributed by atoms with Gasteiger partial charge in [-0.2, -0.15) is 0 Å². The van der Waals surface area contributed by atoms with Gasteiger partial charge in [0.15, 0.2) is 5.82 Å². The molecule has 188 valence electrons. The van der Waals surface area contributed by atoms with E-state index >= 15 is 4.39 Å². The fourth-order valence-electron chi connectivity index (χ4n) is 4.92. The van der Waals surface area contributed by atoms with Crippen molar-refractivity contribution in [1.29, 1.82) is 0 Å². The highest BCUT2D eigenvalue weighted by atomic mass is 35.5. The Morgan fingerprint density at radius 2 is 1.94 bits per heavy atom. The van der Waals surface area contributed by atoms with Crippen LogP contribution in [0.15, 0.2) is 36.5 Å². The predicted octanol–water partition coefficient (Wildman–Crippen LogP) is 5.78. The molecule has 2 atom stereocenters. The van der Waals surface area contributed by atoms with Crippen molar-refractivity contribution in [3.8, 4) is 11.3 Å². The van der Waals surface area contributed by atoms with Crippen LogP contribution >= 0.6 is 23.8 Å². The third-order valence-corrected chi connectivity index (χ3v) is 7.49. The Balaban J connectivity index is 1.41. The number of thiocarbonyl (C=S) groups is 1. The van der Waals surface area contributed by atoms with Crippen LogP contribution in [0.5, 0.6) is 0 Å². The molecule has 0 bridgehead atoms. The first-order chi connectivity index (χ1) is 17.0. The molecule has 0 aliphatic carbocycles. The van der Waals surface area contributed by atoms with Crippen LogP contribution in [0.1, 0.15) is 32.8 Å². The number of carbonyl (C=O) groups is 1. The topological polar surface area (TPSA) is 71.7 Å². The number of halogens is 3. The fraction of sp³-hybridized carbons (Fsp3) is 0.346. The summed E-state index contributed by atoms with van der Waals surface area (Å²) in [4.78, 5) is 20.9. The molecule has 10 heteroatoms. The van der Waals surface area contributed by atoms with Crippen molar-refractivity contribution in [2.24, 2.45) is 0 Å². The maximum absolute atomic E-state index is 15.6. The van der Waals surface area contributed by atoms with Crippen molar-refractivity contribution in [1.82, 2.24) is 14.8 Å². The van der Waals surface area contributed by atoms with E-state index in [0.717, 1.165) is 6.42 Å². The molecular formula is C26H25ClF2N4O2S. The summed E-state index contributed by atoms with van der Waals surface area (Å²) in [6.45, 7) is 6.55. The van der Waals surface area contributed by atoms with Gasteiger partial charge >= 0.3 is 6.09 Å². The molecule has 0 unspecified atom stereocenters. The van der Waals surface area contributed by atoms with Gasteiger partial charge < -0.3 is 20.3 Å². The van der Waals surface area contributed by atoms with E-state index < -0.39 is 17.2 Å². The SMILES string of the molecule is CC(C)(C)OC(=O)N1CC[C@@H]2[C@H]1CN2C(=S)c1cnc(-c2cccc3ccc(F)c(Cl)c23)c(F)c1N. The smallest absolute Gasteiger partial charge is 0.410 e. The largest absolute Gasteiger partial charge is 0.444 e. The minimum Gasteiger partial charge on any atom is -0.444 e. The van der Waals surface area contributed by atoms with Crippen LogP contribution in [0, 0.1) is 11.6 Å². The van der Waals surface area contributed by atoms with Crippen LogP contribution < -0.4 is 5.73 Å². The maximum atomic E-state index is 15.6. The van der Waals surface area contributed by atoms with Crippen molar-refractivity contribution in [2.75, 3.05) is 18.8 Å². The Morgan fingerprint density at radius 3 is 2.67 bits per heavy atom. The first-order valence-electron chi connectivity index (χ1n) is 11.6. The van der Waals surface area contributed by atoms with Crippen molar-refractivity contribution in [3.63, 3.8) is 0 Å². The highest BCUT2D eigenvalue weighted by Gasteiger charge is 2.50. The quantitative estimate of drug-likeness (QED) is 0.423. The number of ether oxygens (including phenoxy) is 1. The van der Waals surface area contributed by atoms with Crippen LogP contribution in [0.4, 0.5) is 19.3 Å². The predicted molar refractivity (Wildman–Crippen MR) is 140 cm³/mol. The summed E-state index contributed by atoms with van der Waals surface area (Å²) in [7, 11) is 0. The van der Waals surface area contributed by atoms with Gasteiger partial charge in [-0.15, -0.1) is 0 Å². The zero-order valence-electron chi connectivity index (χ0n) is 20.0. The molecule has 3 aromatic rings. The van der Waals surface area contributed by atoms with E-state index in [1.54, 1.807) is 29.2 Å². The molecule has 2 N–H and O–H groups in total. The lowest BCUT2D eigenvalue weighted by atomic mass is 9.95. The summed E-state index contributed by atoms with van der Waals surface area (Å²) in [5, 5.41) is 0.907. The van der Waals surface area contributed by atoms with Gasteiger partial charge in [0.25, 0.3) is 0 Å². The van der Waals surface area contributed by atoms with Gasteiger partial charge in [-0.3, -0.25) is 4.98 Å². The molecule has 2 aliphatic heterocycles. The summed E-state index contributed by atoms with van der Waals surface area (Å²) < 4.78 is 35.3. The number of carbonyl (C=O) groups excluding carboxylic acids is 1. The normalized spacial score (nSPS) is 19.3. The molecule has 0 spiro atoms.